The van der Waals surface area contributed by atoms with Crippen LogP contribution in [0, 0.1) is 5.41 Å². The summed E-state index contributed by atoms with van der Waals surface area (Å²) in [6, 6.07) is 0. The van der Waals surface area contributed by atoms with Crippen LogP contribution in [0.3, 0.4) is 0 Å². The number of hydrogen-bond donors (Lipinski definition) is 3. The van der Waals surface area contributed by atoms with Crippen molar-refractivity contribution in [2.45, 2.75) is 12.8 Å². The molecule has 0 saturated carbocycles. The van der Waals surface area contributed by atoms with E-state index in [0.717, 1.165) is 5.57 Å². The zero-order chi connectivity index (χ0) is 8.97. The fourth-order valence-electron chi connectivity index (χ4n) is 1.13. The summed E-state index contributed by atoms with van der Waals surface area (Å²) in [4.78, 5) is 11.0. The minimum Gasteiger partial charge on any atom is -0.318 e. The van der Waals surface area contributed by atoms with E-state index in [1.165, 1.54) is 6.08 Å². The molecule has 4 heteroatoms. The Bertz CT molecular complexity index is 232. The van der Waals surface area contributed by atoms with Crippen LogP contribution in [0.2, 0.25) is 0 Å². The Morgan fingerprint density at radius 2 is 2.33 bits per heavy atom. The molecule has 12 heavy (non-hydrogen) atoms. The molecule has 0 bridgehead atoms. The van der Waals surface area contributed by atoms with Crippen molar-refractivity contribution in [1.29, 1.82) is 5.41 Å². The first-order valence-electron chi connectivity index (χ1n) is 3.96. The molecule has 1 aliphatic carbocycles. The van der Waals surface area contributed by atoms with Gasteiger partial charge in [0, 0.05) is 25.3 Å². The Labute approximate surface area is 71.3 Å². The van der Waals surface area contributed by atoms with Crippen molar-refractivity contribution in [1.82, 2.24) is 5.32 Å². The van der Waals surface area contributed by atoms with Crippen LogP contribution in [-0.2, 0) is 4.79 Å². The normalized spacial score (nSPS) is 17.9. The maximum atomic E-state index is 11.0. The molecule has 0 unspecified atom stereocenters. The van der Waals surface area contributed by atoms with Crippen LogP contribution in [0.1, 0.15) is 12.8 Å². The molecule has 0 radical (unpaired) electrons. The van der Waals surface area contributed by atoms with Crippen molar-refractivity contribution in [3.05, 3.63) is 11.6 Å². The summed E-state index contributed by atoms with van der Waals surface area (Å²) in [7, 11) is 0. The summed E-state index contributed by atoms with van der Waals surface area (Å²) in [6.45, 7) is 0.903. The van der Waals surface area contributed by atoms with E-state index >= 15 is 0 Å². The SMILES string of the molecule is N=C1CCC(=O)C=C1CNCN. The number of nitrogens with two attached hydrogens (primary N) is 1. The first-order valence-corrected chi connectivity index (χ1v) is 3.96. The summed E-state index contributed by atoms with van der Waals surface area (Å²) < 4.78 is 0. The van der Waals surface area contributed by atoms with Crippen LogP contribution < -0.4 is 11.1 Å². The third-order valence-corrected chi connectivity index (χ3v) is 1.80. The highest BCUT2D eigenvalue weighted by molar-refractivity contribution is 6.09. The van der Waals surface area contributed by atoms with Gasteiger partial charge in [-0.1, -0.05) is 0 Å². The van der Waals surface area contributed by atoms with E-state index in [4.69, 9.17) is 11.1 Å². The molecule has 0 spiro atoms. The standard InChI is InChI=1S/C8H13N3O/c9-5-11-4-6-3-7(12)1-2-8(6)10/h3,10-11H,1-2,4-5,9H2. The zero-order valence-electron chi connectivity index (χ0n) is 6.89. The number of rotatable bonds is 3. The Morgan fingerprint density at radius 3 is 3.00 bits per heavy atom. The van der Waals surface area contributed by atoms with Crippen molar-refractivity contribution in [3.8, 4) is 0 Å². The monoisotopic (exact) mass is 167 g/mol. The van der Waals surface area contributed by atoms with Gasteiger partial charge in [-0.2, -0.15) is 0 Å². The van der Waals surface area contributed by atoms with Crippen molar-refractivity contribution in [3.63, 3.8) is 0 Å². The predicted molar refractivity (Wildman–Crippen MR) is 47.1 cm³/mol. The van der Waals surface area contributed by atoms with Crippen molar-refractivity contribution in [2.75, 3.05) is 13.2 Å². The van der Waals surface area contributed by atoms with Gasteiger partial charge in [0.05, 0.1) is 0 Å². The molecule has 4 N–H and O–H groups in total. The van der Waals surface area contributed by atoms with E-state index in [2.05, 4.69) is 5.32 Å². The second kappa shape index (κ2) is 4.13. The lowest BCUT2D eigenvalue weighted by molar-refractivity contribution is -0.114. The van der Waals surface area contributed by atoms with Gasteiger partial charge < -0.3 is 16.5 Å². The van der Waals surface area contributed by atoms with E-state index in [1.54, 1.807) is 0 Å². The van der Waals surface area contributed by atoms with E-state index in [0.29, 0.717) is 31.8 Å². The van der Waals surface area contributed by atoms with Gasteiger partial charge in [0.25, 0.3) is 0 Å². The van der Waals surface area contributed by atoms with E-state index < -0.39 is 0 Å². The van der Waals surface area contributed by atoms with Gasteiger partial charge in [-0.3, -0.25) is 4.79 Å². The lowest BCUT2D eigenvalue weighted by atomic mass is 9.96. The molecule has 0 aromatic rings. The summed E-state index contributed by atoms with van der Waals surface area (Å²) in [6.07, 6.45) is 2.58. The molecule has 1 aliphatic rings. The molecule has 66 valence electrons. The largest absolute Gasteiger partial charge is 0.318 e. The molecule has 1 rings (SSSR count). The minimum atomic E-state index is 0.111. The third kappa shape index (κ3) is 2.25. The molecular formula is C8H13N3O. The second-order valence-electron chi connectivity index (χ2n) is 2.75. The summed E-state index contributed by atoms with van der Waals surface area (Å²) >= 11 is 0. The Morgan fingerprint density at radius 1 is 1.58 bits per heavy atom. The number of carbonyl (C=O) groups excluding carboxylic acids is 1. The number of allylic oxidation sites excluding steroid dienone is 1. The molecule has 0 heterocycles. The van der Waals surface area contributed by atoms with Crippen LogP contribution >= 0.6 is 0 Å². The topological polar surface area (TPSA) is 79.0 Å². The van der Waals surface area contributed by atoms with Gasteiger partial charge in [0.2, 0.25) is 0 Å². The molecular weight excluding hydrogens is 154 g/mol. The fraction of sp³-hybridized carbons (Fsp3) is 0.500. The highest BCUT2D eigenvalue weighted by Crippen LogP contribution is 2.10. The van der Waals surface area contributed by atoms with Crippen LogP contribution in [0.15, 0.2) is 11.6 Å². The van der Waals surface area contributed by atoms with Gasteiger partial charge in [-0.15, -0.1) is 0 Å². The average Bonchev–Trinajstić information content (AvgIpc) is 2.07. The van der Waals surface area contributed by atoms with Crippen LogP contribution in [0.25, 0.3) is 0 Å². The highest BCUT2D eigenvalue weighted by Gasteiger charge is 2.13. The molecule has 0 aromatic carbocycles. The maximum absolute atomic E-state index is 11.0. The van der Waals surface area contributed by atoms with Gasteiger partial charge >= 0.3 is 0 Å². The first-order chi connectivity index (χ1) is 5.74. The number of nitrogens with one attached hydrogen (secondary N) is 2. The molecule has 4 nitrogen and oxygen atoms in total. The van der Waals surface area contributed by atoms with Crippen LogP contribution in [0.4, 0.5) is 0 Å². The lowest BCUT2D eigenvalue weighted by Gasteiger charge is -2.13. The van der Waals surface area contributed by atoms with Gasteiger partial charge in [-0.05, 0) is 18.1 Å². The molecule has 0 amide bonds. The second-order valence-corrected chi connectivity index (χ2v) is 2.75. The summed E-state index contributed by atoms with van der Waals surface area (Å²) in [5.41, 5.74) is 6.56. The number of carbonyl (C=O) groups is 1. The van der Waals surface area contributed by atoms with Gasteiger partial charge in [0.15, 0.2) is 5.78 Å². The van der Waals surface area contributed by atoms with E-state index in [1.807, 2.05) is 0 Å². The third-order valence-electron chi connectivity index (χ3n) is 1.80. The maximum Gasteiger partial charge on any atom is 0.156 e. The Balaban J connectivity index is 2.58. The first kappa shape index (κ1) is 9.09. The quantitative estimate of drug-likeness (QED) is 0.509. The van der Waals surface area contributed by atoms with Gasteiger partial charge in [0.1, 0.15) is 0 Å². The molecule has 0 saturated heterocycles. The lowest BCUT2D eigenvalue weighted by Crippen LogP contribution is -2.28. The molecule has 0 aromatic heterocycles. The molecule has 0 atom stereocenters. The molecule has 0 fully saturated rings. The Kier molecular flexibility index (Phi) is 3.13. The van der Waals surface area contributed by atoms with Crippen LogP contribution in [-0.4, -0.2) is 24.7 Å². The van der Waals surface area contributed by atoms with Crippen molar-refractivity contribution in [2.24, 2.45) is 5.73 Å². The summed E-state index contributed by atoms with van der Waals surface area (Å²) in [5, 5.41) is 10.4. The van der Waals surface area contributed by atoms with E-state index in [9.17, 15) is 4.79 Å². The Hall–Kier alpha value is -1.00. The van der Waals surface area contributed by atoms with Gasteiger partial charge in [-0.25, -0.2) is 0 Å². The smallest absolute Gasteiger partial charge is 0.156 e. The number of hydrogen-bond acceptors (Lipinski definition) is 4. The fourth-order valence-corrected chi connectivity index (χ4v) is 1.13. The molecule has 0 aliphatic heterocycles. The highest BCUT2D eigenvalue weighted by atomic mass is 16.1. The minimum absolute atomic E-state index is 0.111. The van der Waals surface area contributed by atoms with Crippen LogP contribution in [0.5, 0.6) is 0 Å². The average molecular weight is 167 g/mol. The van der Waals surface area contributed by atoms with Crippen molar-refractivity contribution < 1.29 is 4.79 Å². The number of ketones is 1. The van der Waals surface area contributed by atoms with Crippen molar-refractivity contribution >= 4 is 11.5 Å². The predicted octanol–water partition coefficient (Wildman–Crippen LogP) is -0.199. The summed E-state index contributed by atoms with van der Waals surface area (Å²) in [5.74, 6) is 0.111. The van der Waals surface area contributed by atoms with E-state index in [-0.39, 0.29) is 5.78 Å². The zero-order valence-corrected chi connectivity index (χ0v) is 6.89.